The van der Waals surface area contributed by atoms with E-state index in [0.29, 0.717) is 0 Å². The van der Waals surface area contributed by atoms with E-state index < -0.39 is 0 Å². The van der Waals surface area contributed by atoms with Gasteiger partial charge >= 0.3 is 0 Å². The minimum atomic E-state index is 1.12. The summed E-state index contributed by atoms with van der Waals surface area (Å²) < 4.78 is 5.07. The van der Waals surface area contributed by atoms with Gasteiger partial charge < -0.3 is 9.47 Å². The number of thiophene rings is 1. The quantitative estimate of drug-likeness (QED) is 0.166. The predicted molar refractivity (Wildman–Crippen MR) is 237 cm³/mol. The van der Waals surface area contributed by atoms with Crippen LogP contribution >= 0.6 is 11.3 Å². The van der Waals surface area contributed by atoms with Crippen LogP contribution in [-0.2, 0) is 0 Å². The van der Waals surface area contributed by atoms with Crippen molar-refractivity contribution in [2.45, 2.75) is 0 Å². The van der Waals surface area contributed by atoms with Gasteiger partial charge in [-0.2, -0.15) is 0 Å². The molecule has 0 aliphatic heterocycles. The predicted octanol–water partition coefficient (Wildman–Crippen LogP) is 15.1. The molecule has 0 fully saturated rings. The van der Waals surface area contributed by atoms with E-state index in [1.54, 1.807) is 0 Å². The first-order valence-electron chi connectivity index (χ1n) is 18.8. The first-order valence-corrected chi connectivity index (χ1v) is 19.6. The zero-order valence-electron chi connectivity index (χ0n) is 29.9. The second kappa shape index (κ2) is 12.9. The van der Waals surface area contributed by atoms with Crippen LogP contribution in [0.2, 0.25) is 0 Å². The molecule has 11 aromatic rings. The van der Waals surface area contributed by atoms with Crippen molar-refractivity contribution >= 4 is 81.1 Å². The molecule has 0 aliphatic rings. The van der Waals surface area contributed by atoms with E-state index in [-0.39, 0.29) is 0 Å². The number of hydrogen-bond donors (Lipinski definition) is 0. The van der Waals surface area contributed by atoms with Crippen molar-refractivity contribution in [2.24, 2.45) is 0 Å². The van der Waals surface area contributed by atoms with Gasteiger partial charge in [0, 0.05) is 59.0 Å². The second-order valence-electron chi connectivity index (χ2n) is 14.1. The zero-order chi connectivity index (χ0) is 36.3. The average molecular weight is 719 g/mol. The molecule has 9 aromatic carbocycles. The minimum absolute atomic E-state index is 1.12. The smallest absolute Gasteiger partial charge is 0.0547 e. The first-order chi connectivity index (χ1) is 27.3. The molecule has 0 atom stereocenters. The molecule has 0 aliphatic carbocycles. The van der Waals surface area contributed by atoms with Crippen molar-refractivity contribution in [3.05, 3.63) is 206 Å². The van der Waals surface area contributed by atoms with Gasteiger partial charge in [0.05, 0.1) is 16.7 Å². The molecule has 2 aromatic heterocycles. The first kappa shape index (κ1) is 31.6. The summed E-state index contributed by atoms with van der Waals surface area (Å²) in [7, 11) is 0. The molecule has 0 saturated carbocycles. The van der Waals surface area contributed by atoms with E-state index in [1.807, 2.05) is 11.3 Å². The van der Waals surface area contributed by atoms with E-state index in [2.05, 4.69) is 216 Å². The second-order valence-corrected chi connectivity index (χ2v) is 15.2. The molecule has 0 bridgehead atoms. The summed E-state index contributed by atoms with van der Waals surface area (Å²) in [6, 6.07) is 75.1. The third kappa shape index (κ3) is 5.24. The zero-order valence-corrected chi connectivity index (χ0v) is 30.7. The van der Waals surface area contributed by atoms with Gasteiger partial charge in [-0.15, -0.1) is 11.3 Å². The fourth-order valence-corrected chi connectivity index (χ4v) is 9.63. The van der Waals surface area contributed by atoms with Gasteiger partial charge in [0.1, 0.15) is 0 Å². The molecule has 2 heterocycles. The number of aromatic nitrogens is 1. The molecule has 0 N–H and O–H groups in total. The highest BCUT2D eigenvalue weighted by Gasteiger charge is 2.19. The fourth-order valence-electron chi connectivity index (χ4n) is 8.41. The Hall–Kier alpha value is -6.94. The van der Waals surface area contributed by atoms with Crippen molar-refractivity contribution in [3.63, 3.8) is 0 Å². The van der Waals surface area contributed by atoms with Crippen LogP contribution in [0.25, 0.3) is 80.7 Å². The monoisotopic (exact) mass is 718 g/mol. The number of fused-ring (bicyclic) bond motifs is 7. The Morgan fingerprint density at radius 1 is 0.382 bits per heavy atom. The lowest BCUT2D eigenvalue weighted by molar-refractivity contribution is 1.19. The molecule has 0 radical (unpaired) electrons. The molecule has 2 nitrogen and oxygen atoms in total. The molecule has 3 heteroatoms. The van der Waals surface area contributed by atoms with E-state index in [9.17, 15) is 0 Å². The summed E-state index contributed by atoms with van der Waals surface area (Å²) in [6.45, 7) is 0. The highest BCUT2D eigenvalue weighted by atomic mass is 32.1. The number of benzene rings is 9. The van der Waals surface area contributed by atoms with Crippen molar-refractivity contribution in [3.8, 4) is 27.9 Å². The Balaban J connectivity index is 1.13. The van der Waals surface area contributed by atoms with Gasteiger partial charge in [0.15, 0.2) is 0 Å². The third-order valence-electron chi connectivity index (χ3n) is 11.0. The van der Waals surface area contributed by atoms with Crippen LogP contribution in [0.1, 0.15) is 0 Å². The van der Waals surface area contributed by atoms with Gasteiger partial charge in [-0.05, 0) is 82.7 Å². The number of rotatable bonds is 6. The maximum Gasteiger partial charge on any atom is 0.0547 e. The Morgan fingerprint density at radius 3 is 1.85 bits per heavy atom. The molecule has 258 valence electrons. The van der Waals surface area contributed by atoms with Crippen LogP contribution in [-0.4, -0.2) is 4.57 Å². The average Bonchev–Trinajstić information content (AvgIpc) is 3.80. The topological polar surface area (TPSA) is 8.17 Å². The van der Waals surface area contributed by atoms with Crippen LogP contribution in [0.15, 0.2) is 206 Å². The summed E-state index contributed by atoms with van der Waals surface area (Å²) in [5, 5.41) is 7.53. The highest BCUT2D eigenvalue weighted by Crippen LogP contribution is 2.45. The van der Waals surface area contributed by atoms with Crippen LogP contribution in [0.5, 0.6) is 0 Å². The van der Waals surface area contributed by atoms with Crippen LogP contribution in [0.4, 0.5) is 17.1 Å². The van der Waals surface area contributed by atoms with E-state index in [1.165, 1.54) is 75.0 Å². The molecule has 11 rings (SSSR count). The van der Waals surface area contributed by atoms with E-state index in [0.717, 1.165) is 22.7 Å². The normalized spacial score (nSPS) is 11.6. The maximum atomic E-state index is 2.47. The molecule has 55 heavy (non-hydrogen) atoms. The highest BCUT2D eigenvalue weighted by molar-refractivity contribution is 7.26. The van der Waals surface area contributed by atoms with Crippen LogP contribution in [0.3, 0.4) is 0 Å². The lowest BCUT2D eigenvalue weighted by atomic mass is 10.00. The Labute approximate surface area is 323 Å². The van der Waals surface area contributed by atoms with E-state index >= 15 is 0 Å². The Bertz CT molecular complexity index is 3190. The molecule has 0 saturated heterocycles. The largest absolute Gasteiger partial charge is 0.310 e. The summed E-state index contributed by atoms with van der Waals surface area (Å²) in [4.78, 5) is 2.37. The fraction of sp³-hybridized carbons (Fsp3) is 0. The van der Waals surface area contributed by atoms with Gasteiger partial charge in [-0.25, -0.2) is 0 Å². The number of nitrogens with zero attached hydrogens (tertiary/aromatic N) is 2. The Kier molecular flexibility index (Phi) is 7.39. The standard InChI is InChI=1S/C52H34N2S/c1-3-14-35(15-4-1)38-28-31-44-43-21-9-11-23-49(43)54(50(44)32-38)41-33-46(52-47(34-41)45-22-10-12-25-51(45)55-52)37-26-29-40(30-27-37)53(39-18-5-2-6-19-39)48-24-13-17-36-16-7-8-20-42(36)48/h1-34H. The van der Waals surface area contributed by atoms with Gasteiger partial charge in [-0.3, -0.25) is 0 Å². The SMILES string of the molecule is c1ccc(-c2ccc3c4ccccc4n(-c4cc(-c5ccc(N(c6ccccc6)c6cccc7ccccc67)cc5)c5sc6ccccc6c5c4)c3c2)cc1. The third-order valence-corrected chi connectivity index (χ3v) is 12.2. The number of anilines is 3. The summed E-state index contributed by atoms with van der Waals surface area (Å²) in [5.74, 6) is 0. The molecule has 0 unspecified atom stereocenters. The summed E-state index contributed by atoms with van der Waals surface area (Å²) in [5.41, 5.74) is 11.8. The lowest BCUT2D eigenvalue weighted by Gasteiger charge is -2.27. The van der Waals surface area contributed by atoms with Crippen LogP contribution < -0.4 is 4.90 Å². The molecular weight excluding hydrogens is 685 g/mol. The molecule has 0 spiro atoms. The van der Waals surface area contributed by atoms with Crippen molar-refractivity contribution in [2.75, 3.05) is 4.90 Å². The van der Waals surface area contributed by atoms with Gasteiger partial charge in [0.25, 0.3) is 0 Å². The molecule has 0 amide bonds. The summed E-state index contributed by atoms with van der Waals surface area (Å²) in [6.07, 6.45) is 0. The van der Waals surface area contributed by atoms with Crippen molar-refractivity contribution in [1.82, 2.24) is 4.57 Å². The Morgan fingerprint density at radius 2 is 1.02 bits per heavy atom. The van der Waals surface area contributed by atoms with Gasteiger partial charge in [0.2, 0.25) is 0 Å². The number of hydrogen-bond acceptors (Lipinski definition) is 2. The maximum absolute atomic E-state index is 2.47. The number of para-hydroxylation sites is 2. The lowest BCUT2D eigenvalue weighted by Crippen LogP contribution is -2.10. The van der Waals surface area contributed by atoms with Crippen LogP contribution in [0, 0.1) is 0 Å². The van der Waals surface area contributed by atoms with Crippen molar-refractivity contribution in [1.29, 1.82) is 0 Å². The van der Waals surface area contributed by atoms with Gasteiger partial charge in [-0.1, -0.05) is 146 Å². The molecular formula is C52H34N2S. The summed E-state index contributed by atoms with van der Waals surface area (Å²) >= 11 is 1.88. The van der Waals surface area contributed by atoms with E-state index in [4.69, 9.17) is 0 Å². The van der Waals surface area contributed by atoms with Crippen molar-refractivity contribution < 1.29 is 0 Å². The minimum Gasteiger partial charge on any atom is -0.310 e.